The second-order valence-electron chi connectivity index (χ2n) is 2.02. The summed E-state index contributed by atoms with van der Waals surface area (Å²) in [7, 11) is 1.44. The zero-order valence-electron chi connectivity index (χ0n) is 6.76. The molecular weight excluding hydrogens is 146 g/mol. The number of nitrogens with zero attached hydrogens (tertiary/aromatic N) is 1. The highest BCUT2D eigenvalue weighted by atomic mass is 16.5. The molecule has 0 rings (SSSR count). The molecule has 0 aromatic heterocycles. The fourth-order valence-corrected chi connectivity index (χ4v) is 0.367. The Hall–Kier alpha value is -0.940. The van der Waals surface area contributed by atoms with Gasteiger partial charge in [0.15, 0.2) is 0 Å². The van der Waals surface area contributed by atoms with Crippen LogP contribution >= 0.6 is 0 Å². The molecule has 1 amide bonds. The number of carbonyl (C=O) groups excluding carboxylic acids is 1. The van der Waals surface area contributed by atoms with Gasteiger partial charge in [-0.05, 0) is 6.92 Å². The molecule has 0 aliphatic carbocycles. The molecular formula is C6H13N3O2. The van der Waals surface area contributed by atoms with Crippen molar-refractivity contribution >= 4 is 11.6 Å². The molecule has 3 N–H and O–H groups in total. The number of nitrogens with one attached hydrogen (secondary N) is 1. The van der Waals surface area contributed by atoms with Crippen molar-refractivity contribution in [1.29, 1.82) is 0 Å². The summed E-state index contributed by atoms with van der Waals surface area (Å²) < 4.78 is 4.56. The second-order valence-corrected chi connectivity index (χ2v) is 2.02. The monoisotopic (exact) mass is 159 g/mol. The topological polar surface area (TPSA) is 76.7 Å². The smallest absolute Gasteiger partial charge is 0.266 e. The van der Waals surface area contributed by atoms with Gasteiger partial charge in [-0.15, -0.1) is 0 Å². The number of amides is 1. The lowest BCUT2D eigenvalue weighted by molar-refractivity contribution is -0.124. The van der Waals surface area contributed by atoms with Gasteiger partial charge in [0.2, 0.25) is 0 Å². The first kappa shape index (κ1) is 10.1. The molecule has 0 aromatic rings. The van der Waals surface area contributed by atoms with Gasteiger partial charge in [0.25, 0.3) is 5.91 Å². The summed E-state index contributed by atoms with van der Waals surface area (Å²) in [6, 6.07) is 0. The molecule has 0 radical (unpaired) electrons. The molecule has 0 unspecified atom stereocenters. The summed E-state index contributed by atoms with van der Waals surface area (Å²) in [5.41, 5.74) is 8.17. The van der Waals surface area contributed by atoms with Crippen molar-refractivity contribution in [2.45, 2.75) is 6.92 Å². The van der Waals surface area contributed by atoms with Gasteiger partial charge in [-0.3, -0.25) is 4.79 Å². The van der Waals surface area contributed by atoms with Crippen molar-refractivity contribution in [3.63, 3.8) is 0 Å². The van der Waals surface area contributed by atoms with E-state index < -0.39 is 0 Å². The van der Waals surface area contributed by atoms with Crippen molar-refractivity contribution in [2.24, 2.45) is 10.8 Å². The number of hydrogen-bond acceptors (Lipinski definition) is 4. The third kappa shape index (κ3) is 5.50. The molecule has 0 heterocycles. The van der Waals surface area contributed by atoms with Crippen molar-refractivity contribution in [3.05, 3.63) is 0 Å². The Morgan fingerprint density at radius 1 is 1.73 bits per heavy atom. The minimum absolute atomic E-state index is 0.0152. The Bertz CT molecular complexity index is 156. The standard InChI is InChI=1S/C6H13N3O2/c1-5(3-7)8-9-6(10)4-11-2/h3-4,7H2,1-2H3,(H,9,10). The van der Waals surface area contributed by atoms with E-state index >= 15 is 0 Å². The van der Waals surface area contributed by atoms with Crippen LogP contribution in [0.3, 0.4) is 0 Å². The average Bonchev–Trinajstić information content (AvgIpc) is 2.01. The number of hydrogen-bond donors (Lipinski definition) is 2. The molecule has 0 aromatic carbocycles. The van der Waals surface area contributed by atoms with Crippen LogP contribution in [0.15, 0.2) is 5.10 Å². The fourth-order valence-electron chi connectivity index (χ4n) is 0.367. The number of hydrazone groups is 1. The molecule has 0 atom stereocenters. The Morgan fingerprint density at radius 3 is 2.82 bits per heavy atom. The SMILES string of the molecule is COCC(=O)NN=C(C)CN. The minimum Gasteiger partial charge on any atom is -0.375 e. The van der Waals surface area contributed by atoms with Gasteiger partial charge in [0, 0.05) is 19.4 Å². The number of nitrogens with two attached hydrogens (primary N) is 1. The van der Waals surface area contributed by atoms with Gasteiger partial charge < -0.3 is 10.5 Å². The van der Waals surface area contributed by atoms with Crippen molar-refractivity contribution in [3.8, 4) is 0 Å². The molecule has 0 fully saturated rings. The molecule has 5 nitrogen and oxygen atoms in total. The van der Waals surface area contributed by atoms with Crippen LogP contribution in [0.25, 0.3) is 0 Å². The molecule has 0 spiro atoms. The van der Waals surface area contributed by atoms with E-state index in [1.807, 2.05) is 0 Å². The van der Waals surface area contributed by atoms with Gasteiger partial charge in [-0.2, -0.15) is 5.10 Å². The highest BCUT2D eigenvalue weighted by molar-refractivity contribution is 5.85. The van der Waals surface area contributed by atoms with Crippen LogP contribution in [0, 0.1) is 0 Å². The van der Waals surface area contributed by atoms with Crippen LogP contribution in [0.2, 0.25) is 0 Å². The maximum Gasteiger partial charge on any atom is 0.266 e. The molecule has 0 saturated carbocycles. The minimum atomic E-state index is -0.278. The van der Waals surface area contributed by atoms with Crippen LogP contribution in [0.4, 0.5) is 0 Å². The van der Waals surface area contributed by atoms with Gasteiger partial charge in [-0.25, -0.2) is 5.43 Å². The zero-order valence-corrected chi connectivity index (χ0v) is 6.76. The maximum absolute atomic E-state index is 10.7. The first-order valence-electron chi connectivity index (χ1n) is 3.21. The summed E-state index contributed by atoms with van der Waals surface area (Å²) in [6.45, 7) is 2.09. The predicted octanol–water partition coefficient (Wildman–Crippen LogP) is -0.916. The lowest BCUT2D eigenvalue weighted by Gasteiger charge is -1.98. The molecule has 11 heavy (non-hydrogen) atoms. The molecule has 0 aliphatic rings. The number of carbonyl (C=O) groups is 1. The van der Waals surface area contributed by atoms with E-state index in [0.29, 0.717) is 12.3 Å². The van der Waals surface area contributed by atoms with Gasteiger partial charge in [-0.1, -0.05) is 0 Å². The second kappa shape index (κ2) is 5.82. The van der Waals surface area contributed by atoms with Gasteiger partial charge in [0.1, 0.15) is 6.61 Å². The van der Waals surface area contributed by atoms with Gasteiger partial charge in [0.05, 0.1) is 0 Å². The Balaban J connectivity index is 3.60. The molecule has 0 bridgehead atoms. The summed E-state index contributed by atoms with van der Waals surface area (Å²) in [5, 5.41) is 3.67. The first-order chi connectivity index (χ1) is 5.20. The van der Waals surface area contributed by atoms with Gasteiger partial charge >= 0.3 is 0 Å². The van der Waals surface area contributed by atoms with Crippen LogP contribution in [-0.2, 0) is 9.53 Å². The van der Waals surface area contributed by atoms with E-state index in [-0.39, 0.29) is 12.5 Å². The summed E-state index contributed by atoms with van der Waals surface area (Å²) in [6.07, 6.45) is 0. The number of methoxy groups -OCH3 is 1. The van der Waals surface area contributed by atoms with E-state index in [1.54, 1.807) is 6.92 Å². The third-order valence-corrected chi connectivity index (χ3v) is 0.942. The highest BCUT2D eigenvalue weighted by Crippen LogP contribution is 1.72. The summed E-state index contributed by atoms with van der Waals surface area (Å²) in [4.78, 5) is 10.7. The van der Waals surface area contributed by atoms with Crippen molar-refractivity contribution in [1.82, 2.24) is 5.43 Å². The van der Waals surface area contributed by atoms with E-state index in [0.717, 1.165) is 0 Å². The van der Waals surface area contributed by atoms with Crippen molar-refractivity contribution < 1.29 is 9.53 Å². The lowest BCUT2D eigenvalue weighted by Crippen LogP contribution is -2.24. The fraction of sp³-hybridized carbons (Fsp3) is 0.667. The van der Waals surface area contributed by atoms with E-state index in [4.69, 9.17) is 5.73 Å². The first-order valence-corrected chi connectivity index (χ1v) is 3.21. The van der Waals surface area contributed by atoms with Crippen LogP contribution in [-0.4, -0.2) is 31.9 Å². The predicted molar refractivity (Wildman–Crippen MR) is 42.2 cm³/mol. The Morgan fingerprint density at radius 2 is 2.36 bits per heavy atom. The summed E-state index contributed by atoms with van der Waals surface area (Å²) >= 11 is 0. The van der Waals surface area contributed by atoms with E-state index in [9.17, 15) is 4.79 Å². The zero-order chi connectivity index (χ0) is 8.69. The Kier molecular flexibility index (Phi) is 5.32. The average molecular weight is 159 g/mol. The summed E-state index contributed by atoms with van der Waals surface area (Å²) in [5.74, 6) is -0.278. The van der Waals surface area contributed by atoms with E-state index in [1.165, 1.54) is 7.11 Å². The normalized spacial score (nSPS) is 11.4. The maximum atomic E-state index is 10.7. The molecule has 0 aliphatic heterocycles. The van der Waals surface area contributed by atoms with Crippen LogP contribution < -0.4 is 11.2 Å². The Labute approximate surface area is 65.6 Å². The van der Waals surface area contributed by atoms with Crippen molar-refractivity contribution in [2.75, 3.05) is 20.3 Å². The van der Waals surface area contributed by atoms with Crippen LogP contribution in [0.1, 0.15) is 6.92 Å². The molecule has 5 heteroatoms. The largest absolute Gasteiger partial charge is 0.375 e. The number of rotatable bonds is 4. The quantitative estimate of drug-likeness (QED) is 0.411. The lowest BCUT2D eigenvalue weighted by atomic mass is 10.4. The highest BCUT2D eigenvalue weighted by Gasteiger charge is 1.95. The van der Waals surface area contributed by atoms with Crippen LogP contribution in [0.5, 0.6) is 0 Å². The third-order valence-electron chi connectivity index (χ3n) is 0.942. The molecule has 64 valence electrons. The van der Waals surface area contributed by atoms with E-state index in [2.05, 4.69) is 15.3 Å². The number of ether oxygens (including phenoxy) is 1. The molecule has 0 saturated heterocycles.